The van der Waals surface area contributed by atoms with Crippen LogP contribution in [0.3, 0.4) is 0 Å². The lowest BCUT2D eigenvalue weighted by molar-refractivity contribution is -0.117. The van der Waals surface area contributed by atoms with Gasteiger partial charge < -0.3 is 10.0 Å². The number of hydrogen-bond acceptors (Lipinski definition) is 2. The Labute approximate surface area is 106 Å². The molecule has 2 rings (SSSR count). The van der Waals surface area contributed by atoms with Crippen molar-refractivity contribution in [3.05, 3.63) is 28.8 Å². The predicted molar refractivity (Wildman–Crippen MR) is 68.3 cm³/mol. The smallest absolute Gasteiger partial charge is 0.227 e. The van der Waals surface area contributed by atoms with E-state index < -0.39 is 0 Å². The van der Waals surface area contributed by atoms with E-state index in [-0.39, 0.29) is 24.5 Å². The van der Waals surface area contributed by atoms with Gasteiger partial charge in [0.1, 0.15) is 0 Å². The van der Waals surface area contributed by atoms with Gasteiger partial charge in [-0.1, -0.05) is 17.7 Å². The first kappa shape index (κ1) is 12.4. The molecule has 2 unspecified atom stereocenters. The number of nitrogens with zero attached hydrogens (tertiary/aromatic N) is 1. The zero-order chi connectivity index (χ0) is 12.6. The fraction of sp³-hybridized carbons (Fsp3) is 0.462. The zero-order valence-corrected chi connectivity index (χ0v) is 10.7. The third-order valence-corrected chi connectivity index (χ3v) is 3.87. The molecule has 17 heavy (non-hydrogen) atoms. The Morgan fingerprint density at radius 2 is 2.24 bits per heavy atom. The van der Waals surface area contributed by atoms with Gasteiger partial charge in [0, 0.05) is 35.7 Å². The number of carbonyl (C=O) groups excluding carboxylic acids is 1. The monoisotopic (exact) mass is 253 g/mol. The van der Waals surface area contributed by atoms with Crippen LogP contribution in [0.2, 0.25) is 5.02 Å². The summed E-state index contributed by atoms with van der Waals surface area (Å²) in [6.07, 6.45) is 0.406. The molecule has 1 saturated heterocycles. The molecule has 0 saturated carbocycles. The van der Waals surface area contributed by atoms with Gasteiger partial charge in [-0.3, -0.25) is 4.79 Å². The number of benzene rings is 1. The number of anilines is 1. The SMILES string of the molecule is Cc1ccc(N2C(=O)CC(CO)C2C)cc1Cl. The summed E-state index contributed by atoms with van der Waals surface area (Å²) in [7, 11) is 0. The average Bonchev–Trinajstić information content (AvgIpc) is 2.58. The van der Waals surface area contributed by atoms with Crippen LogP contribution in [0.25, 0.3) is 0 Å². The molecule has 0 radical (unpaired) electrons. The van der Waals surface area contributed by atoms with Gasteiger partial charge in [0.25, 0.3) is 0 Å². The number of aliphatic hydroxyl groups excluding tert-OH is 1. The minimum absolute atomic E-state index is 0.0163. The van der Waals surface area contributed by atoms with E-state index in [0.717, 1.165) is 11.3 Å². The Morgan fingerprint density at radius 3 is 2.76 bits per heavy atom. The highest BCUT2D eigenvalue weighted by Gasteiger charge is 2.37. The van der Waals surface area contributed by atoms with Crippen LogP contribution in [-0.4, -0.2) is 23.7 Å². The van der Waals surface area contributed by atoms with Gasteiger partial charge in [-0.15, -0.1) is 0 Å². The maximum Gasteiger partial charge on any atom is 0.227 e. The Morgan fingerprint density at radius 1 is 1.53 bits per heavy atom. The van der Waals surface area contributed by atoms with Crippen molar-refractivity contribution in [2.24, 2.45) is 5.92 Å². The molecule has 1 fully saturated rings. The molecule has 1 aromatic rings. The lowest BCUT2D eigenvalue weighted by Crippen LogP contribution is -2.33. The van der Waals surface area contributed by atoms with Crippen LogP contribution in [0.4, 0.5) is 5.69 Å². The molecule has 1 N–H and O–H groups in total. The highest BCUT2D eigenvalue weighted by Crippen LogP contribution is 2.32. The summed E-state index contributed by atoms with van der Waals surface area (Å²) in [5.74, 6) is 0.0686. The van der Waals surface area contributed by atoms with Gasteiger partial charge in [-0.25, -0.2) is 0 Å². The van der Waals surface area contributed by atoms with Crippen molar-refractivity contribution in [3.63, 3.8) is 0 Å². The van der Waals surface area contributed by atoms with E-state index in [0.29, 0.717) is 11.4 Å². The van der Waals surface area contributed by atoms with Crippen molar-refractivity contribution in [1.29, 1.82) is 0 Å². The van der Waals surface area contributed by atoms with Gasteiger partial charge in [0.15, 0.2) is 0 Å². The molecule has 2 atom stereocenters. The molecule has 1 aliphatic heterocycles. The molecule has 1 aliphatic rings. The fourth-order valence-electron chi connectivity index (χ4n) is 2.26. The molecular formula is C13H16ClNO2. The number of aliphatic hydroxyl groups is 1. The van der Waals surface area contributed by atoms with Gasteiger partial charge in [0.2, 0.25) is 5.91 Å². The van der Waals surface area contributed by atoms with E-state index in [9.17, 15) is 9.90 Å². The molecule has 0 bridgehead atoms. The molecule has 92 valence electrons. The van der Waals surface area contributed by atoms with Crippen molar-refractivity contribution >= 4 is 23.2 Å². The highest BCUT2D eigenvalue weighted by molar-refractivity contribution is 6.31. The number of rotatable bonds is 2. The van der Waals surface area contributed by atoms with Crippen LogP contribution in [0.1, 0.15) is 18.9 Å². The summed E-state index contributed by atoms with van der Waals surface area (Å²) in [5.41, 5.74) is 1.81. The van der Waals surface area contributed by atoms with E-state index in [2.05, 4.69) is 0 Å². The van der Waals surface area contributed by atoms with Gasteiger partial charge >= 0.3 is 0 Å². The molecule has 0 spiro atoms. The summed E-state index contributed by atoms with van der Waals surface area (Å²) < 4.78 is 0. The Hall–Kier alpha value is -1.06. The Balaban J connectivity index is 2.33. The van der Waals surface area contributed by atoms with Gasteiger partial charge in [0.05, 0.1) is 0 Å². The van der Waals surface area contributed by atoms with Crippen LogP contribution in [-0.2, 0) is 4.79 Å². The van der Waals surface area contributed by atoms with E-state index >= 15 is 0 Å². The third kappa shape index (κ3) is 2.17. The fourth-order valence-corrected chi connectivity index (χ4v) is 2.43. The van der Waals surface area contributed by atoms with E-state index in [4.69, 9.17) is 11.6 Å². The minimum atomic E-state index is 0.0163. The maximum atomic E-state index is 11.9. The van der Waals surface area contributed by atoms with Crippen molar-refractivity contribution in [2.45, 2.75) is 26.3 Å². The molecule has 3 nitrogen and oxygen atoms in total. The molecule has 4 heteroatoms. The first-order chi connectivity index (χ1) is 8.04. The number of halogens is 1. The second-order valence-electron chi connectivity index (χ2n) is 4.58. The first-order valence-electron chi connectivity index (χ1n) is 5.73. The largest absolute Gasteiger partial charge is 0.396 e. The van der Waals surface area contributed by atoms with Crippen LogP contribution in [0, 0.1) is 12.8 Å². The third-order valence-electron chi connectivity index (χ3n) is 3.46. The van der Waals surface area contributed by atoms with Crippen molar-refractivity contribution in [2.75, 3.05) is 11.5 Å². The number of carbonyl (C=O) groups is 1. The van der Waals surface area contributed by atoms with Gasteiger partial charge in [-0.05, 0) is 31.5 Å². The first-order valence-corrected chi connectivity index (χ1v) is 6.11. The normalized spacial score (nSPS) is 24.5. The lowest BCUT2D eigenvalue weighted by Gasteiger charge is -2.24. The summed E-state index contributed by atoms with van der Waals surface area (Å²) in [6.45, 7) is 3.93. The summed E-state index contributed by atoms with van der Waals surface area (Å²) in [4.78, 5) is 13.7. The van der Waals surface area contributed by atoms with E-state index in [1.807, 2.05) is 32.0 Å². The number of aryl methyl sites for hydroxylation is 1. The minimum Gasteiger partial charge on any atom is -0.396 e. The van der Waals surface area contributed by atoms with Crippen LogP contribution in [0.15, 0.2) is 18.2 Å². The van der Waals surface area contributed by atoms with Crippen molar-refractivity contribution in [3.8, 4) is 0 Å². The Bertz CT molecular complexity index is 447. The van der Waals surface area contributed by atoms with Crippen molar-refractivity contribution < 1.29 is 9.90 Å². The summed E-state index contributed by atoms with van der Waals surface area (Å²) in [6, 6.07) is 5.64. The molecule has 0 aromatic heterocycles. The number of hydrogen-bond donors (Lipinski definition) is 1. The maximum absolute atomic E-state index is 11.9. The van der Waals surface area contributed by atoms with E-state index in [1.54, 1.807) is 4.90 Å². The second kappa shape index (κ2) is 4.67. The topological polar surface area (TPSA) is 40.5 Å². The molecular weight excluding hydrogens is 238 g/mol. The van der Waals surface area contributed by atoms with Crippen LogP contribution in [0.5, 0.6) is 0 Å². The van der Waals surface area contributed by atoms with E-state index in [1.165, 1.54) is 0 Å². The standard InChI is InChI=1S/C13H16ClNO2/c1-8-3-4-11(6-12(8)14)15-9(2)10(7-16)5-13(15)17/h3-4,6,9-10,16H,5,7H2,1-2H3. The van der Waals surface area contributed by atoms with Crippen LogP contribution < -0.4 is 4.90 Å². The highest BCUT2D eigenvalue weighted by atomic mass is 35.5. The zero-order valence-electron chi connectivity index (χ0n) is 9.98. The average molecular weight is 254 g/mol. The molecule has 1 amide bonds. The van der Waals surface area contributed by atoms with Crippen LogP contribution >= 0.6 is 11.6 Å². The van der Waals surface area contributed by atoms with Crippen molar-refractivity contribution in [1.82, 2.24) is 0 Å². The Kier molecular flexibility index (Phi) is 3.40. The molecule has 1 heterocycles. The predicted octanol–water partition coefficient (Wildman–Crippen LogP) is 2.38. The number of amides is 1. The second-order valence-corrected chi connectivity index (χ2v) is 4.99. The summed E-state index contributed by atoms with van der Waals surface area (Å²) >= 11 is 6.07. The molecule has 1 aromatic carbocycles. The summed E-state index contributed by atoms with van der Waals surface area (Å²) in [5, 5.41) is 9.87. The quantitative estimate of drug-likeness (QED) is 0.879. The molecule has 0 aliphatic carbocycles. The van der Waals surface area contributed by atoms with Gasteiger partial charge in [-0.2, -0.15) is 0 Å². The lowest BCUT2D eigenvalue weighted by atomic mass is 10.0.